The maximum absolute atomic E-state index is 12.8. The van der Waals surface area contributed by atoms with E-state index in [4.69, 9.17) is 11.1 Å². The molecule has 2 aromatic rings. The van der Waals surface area contributed by atoms with Crippen LogP contribution in [-0.4, -0.2) is 15.9 Å². The molecule has 0 radical (unpaired) electrons. The van der Waals surface area contributed by atoms with E-state index in [0.29, 0.717) is 0 Å². The van der Waals surface area contributed by atoms with Gasteiger partial charge >= 0.3 is 0 Å². The molecule has 6 nitrogen and oxygen atoms in total. The zero-order valence-electron chi connectivity index (χ0n) is 12.4. The van der Waals surface area contributed by atoms with Crippen molar-refractivity contribution in [1.82, 2.24) is 9.97 Å². The van der Waals surface area contributed by atoms with E-state index in [0.717, 1.165) is 17.0 Å². The Morgan fingerprint density at radius 2 is 1.64 bits per heavy atom. The van der Waals surface area contributed by atoms with Gasteiger partial charge < -0.3 is 17.2 Å². The molecule has 22 heavy (non-hydrogen) atoms. The summed E-state index contributed by atoms with van der Waals surface area (Å²) in [6, 6.07) is 8.06. The van der Waals surface area contributed by atoms with Crippen LogP contribution in [0.4, 0.5) is 10.3 Å². The second-order valence-electron chi connectivity index (χ2n) is 4.65. The van der Waals surface area contributed by atoms with Crippen LogP contribution >= 0.6 is 12.4 Å². The smallest absolute Gasteiger partial charge is 0.220 e. The van der Waals surface area contributed by atoms with E-state index in [9.17, 15) is 4.39 Å². The van der Waals surface area contributed by atoms with Gasteiger partial charge in [0.15, 0.2) is 5.96 Å². The van der Waals surface area contributed by atoms with E-state index in [1.807, 2.05) is 19.9 Å². The molecule has 2 rings (SSSR count). The number of aromatic nitrogens is 2. The lowest BCUT2D eigenvalue weighted by Gasteiger charge is -2.08. The molecule has 8 heteroatoms. The van der Waals surface area contributed by atoms with Crippen LogP contribution in [-0.2, 0) is 0 Å². The Morgan fingerprint density at radius 1 is 1.14 bits per heavy atom. The van der Waals surface area contributed by atoms with Gasteiger partial charge in [0.1, 0.15) is 5.82 Å². The summed E-state index contributed by atoms with van der Waals surface area (Å²) in [5, 5.41) is 6.06. The summed E-state index contributed by atoms with van der Waals surface area (Å²) in [4.78, 5) is 8.33. The quantitative estimate of drug-likeness (QED) is 0.497. The zero-order valence-corrected chi connectivity index (χ0v) is 13.2. The van der Waals surface area contributed by atoms with Gasteiger partial charge in [0.25, 0.3) is 0 Å². The maximum atomic E-state index is 12.8. The highest BCUT2D eigenvalue weighted by atomic mass is 35.5. The summed E-state index contributed by atoms with van der Waals surface area (Å²) in [5.74, 6) is -0.0742. The summed E-state index contributed by atoms with van der Waals surface area (Å²) in [6.07, 6.45) is 0. The number of nitrogens with one attached hydrogen (secondary N) is 1. The SMILES string of the molecule is CC(C)c1cc(-c2ccc(F)cc2)nc(N)n1.Cl.N=C(N)N. The molecule has 0 aliphatic rings. The number of hydrogen-bond acceptors (Lipinski definition) is 4. The van der Waals surface area contributed by atoms with E-state index >= 15 is 0 Å². The van der Waals surface area contributed by atoms with Crippen molar-refractivity contribution in [2.75, 3.05) is 5.73 Å². The molecule has 0 bridgehead atoms. The van der Waals surface area contributed by atoms with Gasteiger partial charge in [0.2, 0.25) is 5.95 Å². The molecule has 0 saturated carbocycles. The minimum atomic E-state index is -0.333. The van der Waals surface area contributed by atoms with Crippen LogP contribution in [0.25, 0.3) is 11.3 Å². The summed E-state index contributed by atoms with van der Waals surface area (Å²) in [5.41, 5.74) is 17.1. The largest absolute Gasteiger partial charge is 0.370 e. The summed E-state index contributed by atoms with van der Waals surface area (Å²) < 4.78 is 12.8. The average molecular weight is 327 g/mol. The maximum Gasteiger partial charge on any atom is 0.220 e. The van der Waals surface area contributed by atoms with E-state index in [2.05, 4.69) is 21.4 Å². The third-order valence-electron chi connectivity index (χ3n) is 2.49. The minimum Gasteiger partial charge on any atom is -0.370 e. The first kappa shape index (κ1) is 19.6. The Morgan fingerprint density at radius 3 is 2.09 bits per heavy atom. The number of hydrogen-bond donors (Lipinski definition) is 4. The molecular formula is C14H20ClFN6. The van der Waals surface area contributed by atoms with Crippen molar-refractivity contribution < 1.29 is 4.39 Å². The predicted octanol–water partition coefficient (Wildman–Crippen LogP) is 2.25. The number of nitrogen functional groups attached to an aromatic ring is 1. The van der Waals surface area contributed by atoms with Crippen LogP contribution < -0.4 is 17.2 Å². The Kier molecular flexibility index (Phi) is 7.82. The number of nitrogens with zero attached hydrogens (tertiary/aromatic N) is 2. The van der Waals surface area contributed by atoms with Crippen LogP contribution in [0.15, 0.2) is 30.3 Å². The second-order valence-corrected chi connectivity index (χ2v) is 4.65. The van der Waals surface area contributed by atoms with Crippen molar-refractivity contribution in [2.24, 2.45) is 11.5 Å². The van der Waals surface area contributed by atoms with Gasteiger partial charge in [-0.25, -0.2) is 14.4 Å². The fourth-order valence-corrected chi connectivity index (χ4v) is 1.55. The lowest BCUT2D eigenvalue weighted by molar-refractivity contribution is 0.628. The standard InChI is InChI=1S/C13H14FN3.CH5N3.ClH/c1-8(2)11-7-12(17-13(15)16-11)9-3-5-10(14)6-4-9;2-1(3)4;/h3-8H,1-2H3,(H2,15,16,17);(H5,2,3,4);1H. The van der Waals surface area contributed by atoms with Gasteiger partial charge in [0, 0.05) is 11.3 Å². The fraction of sp³-hybridized carbons (Fsp3) is 0.214. The molecule has 0 amide bonds. The molecule has 1 heterocycles. The normalized spacial score (nSPS) is 9.45. The van der Waals surface area contributed by atoms with Crippen molar-refractivity contribution in [3.8, 4) is 11.3 Å². The number of halogens is 2. The van der Waals surface area contributed by atoms with E-state index in [1.54, 1.807) is 12.1 Å². The lowest BCUT2D eigenvalue weighted by atomic mass is 10.1. The first-order chi connectivity index (χ1) is 9.79. The Labute approximate surface area is 134 Å². The van der Waals surface area contributed by atoms with Crippen LogP contribution in [0, 0.1) is 11.2 Å². The molecule has 1 aromatic carbocycles. The molecule has 0 aliphatic carbocycles. The van der Waals surface area contributed by atoms with Crippen molar-refractivity contribution >= 4 is 24.3 Å². The van der Waals surface area contributed by atoms with Crippen LogP contribution in [0.2, 0.25) is 0 Å². The summed E-state index contributed by atoms with van der Waals surface area (Å²) in [6.45, 7) is 4.08. The molecule has 0 spiro atoms. The highest BCUT2D eigenvalue weighted by molar-refractivity contribution is 5.85. The minimum absolute atomic E-state index is 0. The topological polar surface area (TPSA) is 128 Å². The number of nitrogens with two attached hydrogens (primary N) is 3. The summed E-state index contributed by atoms with van der Waals surface area (Å²) >= 11 is 0. The summed E-state index contributed by atoms with van der Waals surface area (Å²) in [7, 11) is 0. The number of benzene rings is 1. The Balaban J connectivity index is 0.000000791. The number of guanidine groups is 1. The first-order valence-corrected chi connectivity index (χ1v) is 6.29. The van der Waals surface area contributed by atoms with Crippen LogP contribution in [0.1, 0.15) is 25.5 Å². The van der Waals surface area contributed by atoms with E-state index in [1.165, 1.54) is 12.1 Å². The van der Waals surface area contributed by atoms with Gasteiger partial charge in [-0.2, -0.15) is 0 Å². The molecule has 1 aromatic heterocycles. The molecule has 0 fully saturated rings. The number of anilines is 1. The Bertz CT molecular complexity index is 611. The molecule has 7 N–H and O–H groups in total. The molecule has 120 valence electrons. The highest BCUT2D eigenvalue weighted by Crippen LogP contribution is 2.22. The first-order valence-electron chi connectivity index (χ1n) is 6.29. The van der Waals surface area contributed by atoms with Gasteiger partial charge in [-0.15, -0.1) is 12.4 Å². The third kappa shape index (κ3) is 6.36. The monoisotopic (exact) mass is 326 g/mol. The van der Waals surface area contributed by atoms with Gasteiger partial charge in [0.05, 0.1) is 5.69 Å². The molecular weight excluding hydrogens is 307 g/mol. The third-order valence-corrected chi connectivity index (χ3v) is 2.49. The van der Waals surface area contributed by atoms with Crippen LogP contribution in [0.5, 0.6) is 0 Å². The highest BCUT2D eigenvalue weighted by Gasteiger charge is 2.07. The van der Waals surface area contributed by atoms with E-state index in [-0.39, 0.29) is 36.1 Å². The predicted molar refractivity (Wildman–Crippen MR) is 89.3 cm³/mol. The molecule has 0 aliphatic heterocycles. The van der Waals surface area contributed by atoms with Crippen molar-refractivity contribution in [2.45, 2.75) is 19.8 Å². The lowest BCUT2D eigenvalue weighted by Crippen LogP contribution is -2.20. The zero-order chi connectivity index (χ0) is 16.0. The van der Waals surface area contributed by atoms with Gasteiger partial charge in [-0.1, -0.05) is 13.8 Å². The van der Waals surface area contributed by atoms with Gasteiger partial charge in [-0.3, -0.25) is 5.41 Å². The van der Waals surface area contributed by atoms with E-state index < -0.39 is 0 Å². The Hall–Kier alpha value is -2.41. The average Bonchev–Trinajstić information content (AvgIpc) is 2.38. The van der Waals surface area contributed by atoms with Crippen LogP contribution in [0.3, 0.4) is 0 Å². The number of rotatable bonds is 2. The van der Waals surface area contributed by atoms with Crippen molar-refractivity contribution in [3.05, 3.63) is 41.8 Å². The van der Waals surface area contributed by atoms with Gasteiger partial charge in [-0.05, 0) is 36.2 Å². The second kappa shape index (κ2) is 8.78. The molecule has 0 saturated heterocycles. The fourth-order valence-electron chi connectivity index (χ4n) is 1.55. The van der Waals surface area contributed by atoms with Crippen molar-refractivity contribution in [1.29, 1.82) is 5.41 Å². The van der Waals surface area contributed by atoms with Crippen molar-refractivity contribution in [3.63, 3.8) is 0 Å². The molecule has 0 atom stereocenters. The molecule has 0 unspecified atom stereocenters.